The molecule has 0 saturated heterocycles. The molecule has 7 heteroatoms. The molecule has 0 bridgehead atoms. The molecule has 0 aromatic heterocycles. The van der Waals surface area contributed by atoms with E-state index in [1.165, 1.54) is 6.07 Å². The van der Waals surface area contributed by atoms with E-state index in [4.69, 9.17) is 5.11 Å². The van der Waals surface area contributed by atoms with Crippen LogP contribution >= 0.6 is 0 Å². The summed E-state index contributed by atoms with van der Waals surface area (Å²) in [6.45, 7) is -1.32. The van der Waals surface area contributed by atoms with Gasteiger partial charge in [0.2, 0.25) is 5.91 Å². The highest BCUT2D eigenvalue weighted by Gasteiger charge is 2.48. The molecule has 5 nitrogen and oxygen atoms in total. The lowest BCUT2D eigenvalue weighted by Gasteiger charge is -2.18. The lowest BCUT2D eigenvalue weighted by Crippen LogP contribution is -2.29. The zero-order valence-electron chi connectivity index (χ0n) is 11.3. The van der Waals surface area contributed by atoms with Crippen molar-refractivity contribution in [1.29, 1.82) is 0 Å². The number of halogens is 2. The van der Waals surface area contributed by atoms with E-state index in [0.29, 0.717) is 12.0 Å². The second-order valence-corrected chi connectivity index (χ2v) is 4.93. The van der Waals surface area contributed by atoms with E-state index in [0.717, 1.165) is 0 Å². The first-order chi connectivity index (χ1) is 9.90. The van der Waals surface area contributed by atoms with Crippen LogP contribution in [-0.2, 0) is 9.59 Å². The number of carbonyl (C=O) groups is 2. The van der Waals surface area contributed by atoms with E-state index in [1.54, 1.807) is 25.1 Å². The van der Waals surface area contributed by atoms with E-state index < -0.39 is 30.5 Å². The Morgan fingerprint density at radius 2 is 2.00 bits per heavy atom. The monoisotopic (exact) mass is 299 g/mol. The quantitative estimate of drug-likeness (QED) is 0.844. The molecule has 1 aromatic carbocycles. The maximum absolute atomic E-state index is 12.3. The fourth-order valence-corrected chi connectivity index (χ4v) is 2.20. The lowest BCUT2D eigenvalue weighted by atomic mass is 10.1. The first-order valence-electron chi connectivity index (χ1n) is 6.47. The van der Waals surface area contributed by atoms with Gasteiger partial charge in [-0.1, -0.05) is 18.2 Å². The van der Waals surface area contributed by atoms with Gasteiger partial charge < -0.3 is 15.2 Å². The molecular formula is C14H15F2NO4. The second kappa shape index (κ2) is 6.07. The Labute approximate surface area is 119 Å². The molecule has 0 spiro atoms. The standard InChI is InChI=1S/C14H15F2NO4/c1-7(17-12(18)9-6-10(9)13(19)20)8-4-2-3-5-11(8)21-14(15)16/h2-5,7,9-10,14H,6H2,1H3,(H,17,18)(H,19,20)/t7?,9-,10+/m1/s1. The Bertz CT molecular complexity index is 550. The van der Waals surface area contributed by atoms with Crippen LogP contribution in [0.4, 0.5) is 8.78 Å². The number of carboxylic acid groups (broad SMARTS) is 1. The second-order valence-electron chi connectivity index (χ2n) is 4.93. The summed E-state index contributed by atoms with van der Waals surface area (Å²) in [5, 5.41) is 11.4. The SMILES string of the molecule is CC(NC(=O)[C@@H]1C[C@@H]1C(=O)O)c1ccccc1OC(F)F. The average Bonchev–Trinajstić information content (AvgIpc) is 3.18. The van der Waals surface area contributed by atoms with Crippen molar-refractivity contribution in [3.05, 3.63) is 29.8 Å². The van der Waals surface area contributed by atoms with E-state index in [2.05, 4.69) is 10.1 Å². The molecule has 114 valence electrons. The molecule has 0 heterocycles. The van der Waals surface area contributed by atoms with Gasteiger partial charge in [-0.05, 0) is 19.4 Å². The van der Waals surface area contributed by atoms with Crippen molar-refractivity contribution in [2.45, 2.75) is 26.0 Å². The third kappa shape index (κ3) is 3.68. The number of carbonyl (C=O) groups excluding carboxylic acids is 1. The summed E-state index contributed by atoms with van der Waals surface area (Å²) in [5.74, 6) is -2.59. The van der Waals surface area contributed by atoms with Crippen LogP contribution in [0.5, 0.6) is 5.75 Å². The highest BCUT2D eigenvalue weighted by molar-refractivity contribution is 5.89. The number of amides is 1. The van der Waals surface area contributed by atoms with Gasteiger partial charge >= 0.3 is 12.6 Å². The number of aliphatic carboxylic acids is 1. The minimum absolute atomic E-state index is 0.00844. The Morgan fingerprint density at radius 3 is 2.57 bits per heavy atom. The number of carboxylic acids is 1. The lowest BCUT2D eigenvalue weighted by molar-refractivity contribution is -0.140. The van der Waals surface area contributed by atoms with Gasteiger partial charge in [-0.2, -0.15) is 8.78 Å². The fraction of sp³-hybridized carbons (Fsp3) is 0.429. The molecule has 2 rings (SSSR count). The van der Waals surface area contributed by atoms with Crippen LogP contribution in [0.2, 0.25) is 0 Å². The Balaban J connectivity index is 2.02. The summed E-state index contributed by atoms with van der Waals surface area (Å²) in [4.78, 5) is 22.6. The number of para-hydroxylation sites is 1. The Kier molecular flexibility index (Phi) is 4.40. The summed E-state index contributed by atoms with van der Waals surface area (Å²) in [7, 11) is 0. The molecule has 1 aliphatic rings. The molecule has 1 aromatic rings. The summed E-state index contributed by atoms with van der Waals surface area (Å²) < 4.78 is 29.1. The highest BCUT2D eigenvalue weighted by atomic mass is 19.3. The van der Waals surface area contributed by atoms with Crippen LogP contribution in [0.15, 0.2) is 24.3 Å². The number of ether oxygens (including phenoxy) is 1. The molecule has 1 fully saturated rings. The third-order valence-corrected chi connectivity index (χ3v) is 3.40. The van der Waals surface area contributed by atoms with Gasteiger partial charge in [-0.15, -0.1) is 0 Å². The first-order valence-corrected chi connectivity index (χ1v) is 6.47. The minimum atomic E-state index is -2.95. The predicted octanol–water partition coefficient (Wildman–Crippen LogP) is 2.19. The summed E-state index contributed by atoms with van der Waals surface area (Å²) >= 11 is 0. The molecule has 21 heavy (non-hydrogen) atoms. The van der Waals surface area contributed by atoms with Crippen molar-refractivity contribution < 1.29 is 28.2 Å². The number of nitrogens with one attached hydrogen (secondary N) is 1. The fourth-order valence-electron chi connectivity index (χ4n) is 2.20. The van der Waals surface area contributed by atoms with Crippen LogP contribution in [0.25, 0.3) is 0 Å². The number of alkyl halides is 2. The highest BCUT2D eigenvalue weighted by Crippen LogP contribution is 2.39. The molecule has 2 N–H and O–H groups in total. The van der Waals surface area contributed by atoms with Gasteiger partial charge in [0.05, 0.1) is 17.9 Å². The smallest absolute Gasteiger partial charge is 0.387 e. The van der Waals surface area contributed by atoms with Crippen LogP contribution < -0.4 is 10.1 Å². The van der Waals surface area contributed by atoms with E-state index in [-0.39, 0.29) is 11.7 Å². The van der Waals surface area contributed by atoms with Crippen LogP contribution in [0, 0.1) is 11.8 Å². The zero-order valence-corrected chi connectivity index (χ0v) is 11.3. The minimum Gasteiger partial charge on any atom is -0.481 e. The number of hydrogen-bond donors (Lipinski definition) is 2. The summed E-state index contributed by atoms with van der Waals surface area (Å²) in [6.07, 6.45) is 0.309. The van der Waals surface area contributed by atoms with Gasteiger partial charge in [0.25, 0.3) is 0 Å². The van der Waals surface area contributed by atoms with Crippen molar-refractivity contribution in [3.63, 3.8) is 0 Å². The van der Waals surface area contributed by atoms with Gasteiger partial charge in [-0.25, -0.2) is 0 Å². The van der Waals surface area contributed by atoms with Gasteiger partial charge in [0.1, 0.15) is 5.75 Å². The topological polar surface area (TPSA) is 75.6 Å². The number of hydrogen-bond acceptors (Lipinski definition) is 3. The predicted molar refractivity (Wildman–Crippen MR) is 68.9 cm³/mol. The van der Waals surface area contributed by atoms with Gasteiger partial charge in [0.15, 0.2) is 0 Å². The zero-order chi connectivity index (χ0) is 15.6. The van der Waals surface area contributed by atoms with Gasteiger partial charge in [0, 0.05) is 5.56 Å². The van der Waals surface area contributed by atoms with Crippen molar-refractivity contribution in [3.8, 4) is 5.75 Å². The maximum Gasteiger partial charge on any atom is 0.387 e. The van der Waals surface area contributed by atoms with Crippen LogP contribution in [-0.4, -0.2) is 23.6 Å². The molecule has 1 unspecified atom stereocenters. The van der Waals surface area contributed by atoms with E-state index in [9.17, 15) is 18.4 Å². The van der Waals surface area contributed by atoms with Gasteiger partial charge in [-0.3, -0.25) is 9.59 Å². The number of benzene rings is 1. The van der Waals surface area contributed by atoms with Crippen molar-refractivity contribution in [1.82, 2.24) is 5.32 Å². The van der Waals surface area contributed by atoms with Crippen LogP contribution in [0.3, 0.4) is 0 Å². The van der Waals surface area contributed by atoms with E-state index >= 15 is 0 Å². The Hall–Kier alpha value is -2.18. The molecule has 0 radical (unpaired) electrons. The summed E-state index contributed by atoms with van der Waals surface area (Å²) in [5.41, 5.74) is 0.415. The molecule has 0 aliphatic heterocycles. The maximum atomic E-state index is 12.3. The molecule has 1 amide bonds. The summed E-state index contributed by atoms with van der Waals surface area (Å²) in [6, 6.07) is 5.61. The third-order valence-electron chi connectivity index (χ3n) is 3.40. The molecular weight excluding hydrogens is 284 g/mol. The van der Waals surface area contributed by atoms with Crippen molar-refractivity contribution >= 4 is 11.9 Å². The van der Waals surface area contributed by atoms with Crippen molar-refractivity contribution in [2.75, 3.05) is 0 Å². The first kappa shape index (κ1) is 15.2. The van der Waals surface area contributed by atoms with Crippen LogP contribution in [0.1, 0.15) is 24.9 Å². The van der Waals surface area contributed by atoms with E-state index in [1.807, 2.05) is 0 Å². The molecule has 3 atom stereocenters. The largest absolute Gasteiger partial charge is 0.481 e. The molecule has 1 aliphatic carbocycles. The normalized spacial score (nSPS) is 21.7. The Morgan fingerprint density at radius 1 is 1.33 bits per heavy atom. The van der Waals surface area contributed by atoms with Crippen molar-refractivity contribution in [2.24, 2.45) is 11.8 Å². The number of rotatable bonds is 6. The molecule has 1 saturated carbocycles. The average molecular weight is 299 g/mol.